The molecule has 1 heterocycles. The van der Waals surface area contributed by atoms with Crippen molar-refractivity contribution in [2.45, 2.75) is 46.3 Å². The molecule has 2 rings (SSSR count). The molecular weight excluding hydrogens is 316 g/mol. The Morgan fingerprint density at radius 2 is 1.96 bits per heavy atom. The van der Waals surface area contributed by atoms with E-state index in [1.807, 2.05) is 50.3 Å². The highest BCUT2D eigenvalue weighted by Gasteiger charge is 2.13. The molecule has 1 aromatic heterocycles. The summed E-state index contributed by atoms with van der Waals surface area (Å²) in [7, 11) is 0. The van der Waals surface area contributed by atoms with E-state index in [0.29, 0.717) is 6.54 Å². The molecule has 0 bridgehead atoms. The lowest BCUT2D eigenvalue weighted by Crippen LogP contribution is -2.42. The minimum Gasteiger partial charge on any atom is -0.490 e. The van der Waals surface area contributed by atoms with Gasteiger partial charge in [0, 0.05) is 23.2 Å². The van der Waals surface area contributed by atoms with Crippen LogP contribution in [0.2, 0.25) is 0 Å². The molecule has 2 aromatic rings. The number of aromatic nitrogens is 1. The first kappa shape index (κ1) is 19.2. The molecule has 5 heteroatoms. The quantitative estimate of drug-likeness (QED) is 0.803. The molecule has 0 saturated carbocycles. The van der Waals surface area contributed by atoms with E-state index < -0.39 is 6.10 Å². The third-order valence-electron chi connectivity index (χ3n) is 3.83. The van der Waals surface area contributed by atoms with Crippen molar-refractivity contribution in [2.75, 3.05) is 13.2 Å². The van der Waals surface area contributed by atoms with Crippen molar-refractivity contribution in [3.8, 4) is 5.75 Å². The van der Waals surface area contributed by atoms with Gasteiger partial charge in [-0.1, -0.05) is 23.4 Å². The molecule has 0 saturated heterocycles. The Balaban J connectivity index is 1.99. The van der Waals surface area contributed by atoms with Crippen LogP contribution in [0.1, 0.15) is 43.4 Å². The van der Waals surface area contributed by atoms with Gasteiger partial charge in [-0.15, -0.1) is 0 Å². The van der Waals surface area contributed by atoms with Gasteiger partial charge in [-0.3, -0.25) is 0 Å². The fourth-order valence-corrected chi connectivity index (χ4v) is 2.17. The maximum atomic E-state index is 10.1. The van der Waals surface area contributed by atoms with Crippen molar-refractivity contribution in [3.63, 3.8) is 0 Å². The van der Waals surface area contributed by atoms with Crippen molar-refractivity contribution in [3.05, 3.63) is 46.8 Å². The van der Waals surface area contributed by atoms with Crippen LogP contribution in [-0.4, -0.2) is 35.1 Å². The standard InChI is InChI=1S/C20H28N2O3/c1-14-15(2)22-25-18(14)11-10-16-8-6-7-9-19(16)24-13-17(23)12-21-20(3,4)5/h6-11,17,21,23H,12-13H2,1-5H3/b11-10+. The molecule has 0 aliphatic heterocycles. The average molecular weight is 344 g/mol. The van der Waals surface area contributed by atoms with Crippen LogP contribution in [0.3, 0.4) is 0 Å². The lowest BCUT2D eigenvalue weighted by atomic mass is 10.1. The summed E-state index contributed by atoms with van der Waals surface area (Å²) in [5, 5.41) is 17.3. The second kappa shape index (κ2) is 8.32. The third-order valence-corrected chi connectivity index (χ3v) is 3.83. The number of nitrogens with zero attached hydrogens (tertiary/aromatic N) is 1. The Labute approximate surface area is 149 Å². The molecule has 0 aliphatic carbocycles. The van der Waals surface area contributed by atoms with Gasteiger partial charge in [0.05, 0.1) is 5.69 Å². The molecule has 2 N–H and O–H groups in total. The van der Waals surface area contributed by atoms with E-state index in [1.54, 1.807) is 0 Å². The highest BCUT2D eigenvalue weighted by atomic mass is 16.5. The van der Waals surface area contributed by atoms with E-state index in [4.69, 9.17) is 9.26 Å². The molecule has 5 nitrogen and oxygen atoms in total. The van der Waals surface area contributed by atoms with Gasteiger partial charge in [0.2, 0.25) is 0 Å². The smallest absolute Gasteiger partial charge is 0.162 e. The van der Waals surface area contributed by atoms with Gasteiger partial charge >= 0.3 is 0 Å². The van der Waals surface area contributed by atoms with E-state index in [1.165, 1.54) is 0 Å². The van der Waals surface area contributed by atoms with Gasteiger partial charge in [0.1, 0.15) is 18.5 Å². The number of hydrogen-bond acceptors (Lipinski definition) is 5. The number of nitrogens with one attached hydrogen (secondary N) is 1. The van der Waals surface area contributed by atoms with E-state index in [9.17, 15) is 5.11 Å². The summed E-state index contributed by atoms with van der Waals surface area (Å²) in [5.41, 5.74) is 2.80. The van der Waals surface area contributed by atoms with Crippen LogP contribution in [0.4, 0.5) is 0 Å². The first-order valence-corrected chi connectivity index (χ1v) is 8.52. The molecule has 1 atom stereocenters. The zero-order chi connectivity index (χ0) is 18.4. The fourth-order valence-electron chi connectivity index (χ4n) is 2.17. The monoisotopic (exact) mass is 344 g/mol. The third kappa shape index (κ3) is 6.03. The van der Waals surface area contributed by atoms with Crippen LogP contribution in [0.5, 0.6) is 5.75 Å². The van der Waals surface area contributed by atoms with Crippen LogP contribution < -0.4 is 10.1 Å². The molecule has 0 aliphatic rings. The minimum absolute atomic E-state index is 0.0330. The van der Waals surface area contributed by atoms with Crippen LogP contribution in [0.25, 0.3) is 12.2 Å². The van der Waals surface area contributed by atoms with Crippen LogP contribution in [0, 0.1) is 13.8 Å². The lowest BCUT2D eigenvalue weighted by molar-refractivity contribution is 0.0999. The summed E-state index contributed by atoms with van der Waals surface area (Å²) in [6.45, 7) is 10.8. The number of aliphatic hydroxyl groups is 1. The highest BCUT2D eigenvalue weighted by Crippen LogP contribution is 2.22. The number of ether oxygens (including phenoxy) is 1. The van der Waals surface area contributed by atoms with Crippen LogP contribution in [0.15, 0.2) is 28.8 Å². The number of aryl methyl sites for hydroxylation is 1. The van der Waals surface area contributed by atoms with Gasteiger partial charge in [-0.25, -0.2) is 0 Å². The second-order valence-electron chi connectivity index (χ2n) is 7.22. The normalized spacial score (nSPS) is 13.4. The van der Waals surface area contributed by atoms with Crippen LogP contribution >= 0.6 is 0 Å². The first-order valence-electron chi connectivity index (χ1n) is 8.52. The Bertz CT molecular complexity index is 714. The summed E-state index contributed by atoms with van der Waals surface area (Å²) < 4.78 is 11.1. The summed E-state index contributed by atoms with van der Waals surface area (Å²) >= 11 is 0. The van der Waals surface area contributed by atoms with E-state index in [-0.39, 0.29) is 12.1 Å². The van der Waals surface area contributed by atoms with Crippen molar-refractivity contribution in [1.29, 1.82) is 0 Å². The van der Waals surface area contributed by atoms with Crippen molar-refractivity contribution in [1.82, 2.24) is 10.5 Å². The maximum absolute atomic E-state index is 10.1. The summed E-state index contributed by atoms with van der Waals surface area (Å²) in [6.07, 6.45) is 3.24. The number of β-amino-alcohol motifs (C(OH)–C–C–N with tert-alkyl or cyclic N) is 1. The van der Waals surface area contributed by atoms with E-state index in [0.717, 1.165) is 28.3 Å². The molecule has 0 fully saturated rings. The average Bonchev–Trinajstić information content (AvgIpc) is 2.88. The van der Waals surface area contributed by atoms with Crippen molar-refractivity contribution < 1.29 is 14.4 Å². The van der Waals surface area contributed by atoms with E-state index in [2.05, 4.69) is 31.2 Å². The number of para-hydroxylation sites is 1. The van der Waals surface area contributed by atoms with Gasteiger partial charge < -0.3 is 19.7 Å². The van der Waals surface area contributed by atoms with Crippen molar-refractivity contribution >= 4 is 12.2 Å². The predicted octanol–water partition coefficient (Wildman–Crippen LogP) is 3.59. The molecule has 1 aromatic carbocycles. The lowest BCUT2D eigenvalue weighted by Gasteiger charge is -2.23. The first-order chi connectivity index (χ1) is 11.8. The second-order valence-corrected chi connectivity index (χ2v) is 7.22. The molecular formula is C20H28N2O3. The zero-order valence-corrected chi connectivity index (χ0v) is 15.7. The van der Waals surface area contributed by atoms with E-state index >= 15 is 0 Å². The van der Waals surface area contributed by atoms with Gasteiger partial charge in [-0.2, -0.15) is 0 Å². The largest absolute Gasteiger partial charge is 0.490 e. The molecule has 0 spiro atoms. The summed E-state index contributed by atoms with van der Waals surface area (Å²) in [4.78, 5) is 0. The molecule has 0 radical (unpaired) electrons. The number of aliphatic hydroxyl groups excluding tert-OH is 1. The summed E-state index contributed by atoms with van der Waals surface area (Å²) in [5.74, 6) is 1.46. The number of rotatable bonds is 7. The topological polar surface area (TPSA) is 67.5 Å². The fraction of sp³-hybridized carbons (Fsp3) is 0.450. The maximum Gasteiger partial charge on any atom is 0.162 e. The molecule has 25 heavy (non-hydrogen) atoms. The predicted molar refractivity (Wildman–Crippen MR) is 101 cm³/mol. The van der Waals surface area contributed by atoms with Gasteiger partial charge in [-0.05, 0) is 52.8 Å². The van der Waals surface area contributed by atoms with Gasteiger partial charge in [0.15, 0.2) is 5.76 Å². The molecule has 136 valence electrons. The minimum atomic E-state index is -0.574. The van der Waals surface area contributed by atoms with Crippen molar-refractivity contribution in [2.24, 2.45) is 0 Å². The van der Waals surface area contributed by atoms with Crippen LogP contribution in [-0.2, 0) is 0 Å². The molecule has 0 amide bonds. The summed E-state index contributed by atoms with van der Waals surface area (Å²) in [6, 6.07) is 7.71. The number of hydrogen-bond donors (Lipinski definition) is 2. The Hall–Kier alpha value is -2.11. The number of benzene rings is 1. The SMILES string of the molecule is Cc1noc(/C=C/c2ccccc2OCC(O)CNC(C)(C)C)c1C. The Kier molecular flexibility index (Phi) is 6.39. The zero-order valence-electron chi connectivity index (χ0n) is 15.7. The Morgan fingerprint density at radius 1 is 1.24 bits per heavy atom. The molecule has 1 unspecified atom stereocenters. The Morgan fingerprint density at radius 3 is 2.60 bits per heavy atom. The van der Waals surface area contributed by atoms with Gasteiger partial charge in [0.25, 0.3) is 0 Å². The highest BCUT2D eigenvalue weighted by molar-refractivity contribution is 5.71.